The van der Waals surface area contributed by atoms with E-state index in [4.69, 9.17) is 8.83 Å². The lowest BCUT2D eigenvalue weighted by Gasteiger charge is -2.18. The van der Waals surface area contributed by atoms with E-state index >= 15 is 0 Å². The highest BCUT2D eigenvalue weighted by Crippen LogP contribution is 2.13. The summed E-state index contributed by atoms with van der Waals surface area (Å²) in [6, 6.07) is 15.4. The van der Waals surface area contributed by atoms with E-state index in [9.17, 15) is 4.79 Å². The van der Waals surface area contributed by atoms with E-state index in [1.807, 2.05) is 61.5 Å². The van der Waals surface area contributed by atoms with Crippen LogP contribution in [-0.2, 0) is 17.9 Å². The van der Waals surface area contributed by atoms with E-state index < -0.39 is 0 Å². The van der Waals surface area contributed by atoms with Crippen molar-refractivity contribution in [3.63, 3.8) is 0 Å². The zero-order valence-electron chi connectivity index (χ0n) is 13.5. The Balaban J connectivity index is 1.73. The van der Waals surface area contributed by atoms with Gasteiger partial charge in [0, 0.05) is 6.08 Å². The summed E-state index contributed by atoms with van der Waals surface area (Å²) in [5.74, 6) is 1.38. The third-order valence-corrected chi connectivity index (χ3v) is 3.66. The largest absolute Gasteiger partial charge is 0.467 e. The molecule has 0 aliphatic carbocycles. The van der Waals surface area contributed by atoms with Crippen LogP contribution in [-0.4, -0.2) is 10.8 Å². The van der Waals surface area contributed by atoms with Crippen LogP contribution in [0.5, 0.6) is 0 Å². The Kier molecular flexibility index (Phi) is 4.96. The van der Waals surface area contributed by atoms with Gasteiger partial charge in [0.05, 0.1) is 25.6 Å². The molecule has 0 saturated heterocycles. The smallest absolute Gasteiger partial charge is 0.247 e. The first kappa shape index (κ1) is 15.9. The Morgan fingerprint density at radius 3 is 2.04 bits per heavy atom. The summed E-state index contributed by atoms with van der Waals surface area (Å²) < 4.78 is 10.7. The lowest BCUT2D eigenvalue weighted by Crippen LogP contribution is -2.28. The molecule has 3 rings (SSSR count). The highest BCUT2D eigenvalue weighted by atomic mass is 16.3. The highest BCUT2D eigenvalue weighted by Gasteiger charge is 2.15. The summed E-state index contributed by atoms with van der Waals surface area (Å²) in [6.45, 7) is 2.82. The fourth-order valence-corrected chi connectivity index (χ4v) is 2.34. The van der Waals surface area contributed by atoms with E-state index in [0.717, 1.165) is 17.1 Å². The molecule has 2 heterocycles. The maximum Gasteiger partial charge on any atom is 0.247 e. The van der Waals surface area contributed by atoms with E-state index in [1.165, 1.54) is 5.56 Å². The van der Waals surface area contributed by atoms with Gasteiger partial charge in [0.25, 0.3) is 0 Å². The number of hydrogen-bond acceptors (Lipinski definition) is 3. The standard InChI is InChI=1S/C20H19NO3/c1-16-6-8-17(9-7-16)10-11-20(22)21(14-18-4-2-12-23-18)15-19-5-3-13-24-19/h2-13H,14-15H2,1H3/b11-10+. The first-order chi connectivity index (χ1) is 11.7. The van der Waals surface area contributed by atoms with Gasteiger partial charge in [-0.3, -0.25) is 4.79 Å². The van der Waals surface area contributed by atoms with Gasteiger partial charge >= 0.3 is 0 Å². The van der Waals surface area contributed by atoms with Crippen molar-refractivity contribution in [1.29, 1.82) is 0 Å². The molecule has 24 heavy (non-hydrogen) atoms. The summed E-state index contributed by atoms with van der Waals surface area (Å²) in [7, 11) is 0. The van der Waals surface area contributed by atoms with Crippen molar-refractivity contribution in [3.8, 4) is 0 Å². The molecule has 122 valence electrons. The molecule has 0 fully saturated rings. The van der Waals surface area contributed by atoms with Gasteiger partial charge in [-0.25, -0.2) is 0 Å². The molecule has 2 aromatic heterocycles. The molecule has 1 aromatic carbocycles. The normalized spacial score (nSPS) is 11.0. The SMILES string of the molecule is Cc1ccc(/C=C/C(=O)N(Cc2ccco2)Cc2ccco2)cc1. The van der Waals surface area contributed by atoms with Gasteiger partial charge in [-0.2, -0.15) is 0 Å². The fraction of sp³-hybridized carbons (Fsp3) is 0.150. The first-order valence-corrected chi connectivity index (χ1v) is 7.79. The van der Waals surface area contributed by atoms with Crippen molar-refractivity contribution in [2.75, 3.05) is 0 Å². The molecule has 4 heteroatoms. The van der Waals surface area contributed by atoms with E-state index in [2.05, 4.69) is 0 Å². The molecular weight excluding hydrogens is 302 g/mol. The summed E-state index contributed by atoms with van der Waals surface area (Å²) in [6.07, 6.45) is 6.61. The number of furan rings is 2. The van der Waals surface area contributed by atoms with Crippen LogP contribution in [0, 0.1) is 6.92 Å². The molecule has 0 radical (unpaired) electrons. The van der Waals surface area contributed by atoms with Gasteiger partial charge in [0.1, 0.15) is 11.5 Å². The highest BCUT2D eigenvalue weighted by molar-refractivity contribution is 5.91. The second kappa shape index (κ2) is 7.51. The van der Waals surface area contributed by atoms with E-state index in [0.29, 0.717) is 13.1 Å². The van der Waals surface area contributed by atoms with Crippen LogP contribution in [0.25, 0.3) is 6.08 Å². The van der Waals surface area contributed by atoms with Gasteiger partial charge in [-0.1, -0.05) is 29.8 Å². The maximum absolute atomic E-state index is 12.6. The van der Waals surface area contributed by atoms with Crippen molar-refractivity contribution in [3.05, 3.63) is 89.8 Å². The number of carbonyl (C=O) groups is 1. The molecule has 0 saturated carbocycles. The van der Waals surface area contributed by atoms with Crippen molar-refractivity contribution in [1.82, 2.24) is 4.90 Å². The van der Waals surface area contributed by atoms with Crippen LogP contribution in [0.3, 0.4) is 0 Å². The Hall–Kier alpha value is -3.01. The molecule has 3 aromatic rings. The number of amides is 1. The molecule has 0 aliphatic heterocycles. The van der Waals surface area contributed by atoms with Crippen molar-refractivity contribution in [2.45, 2.75) is 20.0 Å². The third-order valence-electron chi connectivity index (χ3n) is 3.66. The molecule has 4 nitrogen and oxygen atoms in total. The Morgan fingerprint density at radius 1 is 0.958 bits per heavy atom. The summed E-state index contributed by atoms with van der Waals surface area (Å²) in [5, 5.41) is 0. The monoisotopic (exact) mass is 321 g/mol. The Morgan fingerprint density at radius 2 is 1.54 bits per heavy atom. The fourth-order valence-electron chi connectivity index (χ4n) is 2.34. The second-order valence-corrected chi connectivity index (χ2v) is 5.60. The van der Waals surface area contributed by atoms with Crippen LogP contribution in [0.15, 0.2) is 76.0 Å². The number of carbonyl (C=O) groups excluding carboxylic acids is 1. The quantitative estimate of drug-likeness (QED) is 0.631. The van der Waals surface area contributed by atoms with Gasteiger partial charge in [-0.05, 0) is 42.8 Å². The topological polar surface area (TPSA) is 46.6 Å². The van der Waals surface area contributed by atoms with Crippen molar-refractivity contribution in [2.24, 2.45) is 0 Å². The average Bonchev–Trinajstić information content (AvgIpc) is 3.27. The number of nitrogens with zero attached hydrogens (tertiary/aromatic N) is 1. The summed E-state index contributed by atoms with van der Waals surface area (Å²) >= 11 is 0. The van der Waals surface area contributed by atoms with Crippen LogP contribution in [0.1, 0.15) is 22.6 Å². The molecule has 0 N–H and O–H groups in total. The minimum absolute atomic E-state index is 0.0941. The Labute approximate surface area is 141 Å². The molecule has 0 unspecified atom stereocenters. The van der Waals surface area contributed by atoms with Gasteiger partial charge in [-0.15, -0.1) is 0 Å². The van der Waals surface area contributed by atoms with Gasteiger partial charge < -0.3 is 13.7 Å². The first-order valence-electron chi connectivity index (χ1n) is 7.79. The molecule has 0 bridgehead atoms. The summed E-state index contributed by atoms with van der Waals surface area (Å²) in [4.78, 5) is 14.3. The summed E-state index contributed by atoms with van der Waals surface area (Å²) in [5.41, 5.74) is 2.18. The third kappa shape index (κ3) is 4.26. The number of benzene rings is 1. The molecule has 0 atom stereocenters. The number of aryl methyl sites for hydroxylation is 1. The van der Waals surface area contributed by atoms with Crippen LogP contribution in [0.2, 0.25) is 0 Å². The zero-order chi connectivity index (χ0) is 16.8. The van der Waals surface area contributed by atoms with Crippen LogP contribution < -0.4 is 0 Å². The molecule has 0 aliphatic rings. The van der Waals surface area contributed by atoms with Gasteiger partial charge in [0.2, 0.25) is 5.91 Å². The zero-order valence-corrected chi connectivity index (χ0v) is 13.5. The predicted molar refractivity (Wildman–Crippen MR) is 91.9 cm³/mol. The molecular formula is C20H19NO3. The van der Waals surface area contributed by atoms with Crippen molar-refractivity contribution >= 4 is 12.0 Å². The van der Waals surface area contributed by atoms with Crippen LogP contribution in [0.4, 0.5) is 0 Å². The average molecular weight is 321 g/mol. The second-order valence-electron chi connectivity index (χ2n) is 5.60. The predicted octanol–water partition coefficient (Wildman–Crippen LogP) is 4.42. The van der Waals surface area contributed by atoms with E-state index in [1.54, 1.807) is 23.5 Å². The number of hydrogen-bond donors (Lipinski definition) is 0. The van der Waals surface area contributed by atoms with E-state index in [-0.39, 0.29) is 5.91 Å². The van der Waals surface area contributed by atoms with Crippen molar-refractivity contribution < 1.29 is 13.6 Å². The van der Waals surface area contributed by atoms with Gasteiger partial charge in [0.15, 0.2) is 0 Å². The minimum Gasteiger partial charge on any atom is -0.467 e. The number of rotatable bonds is 6. The lowest BCUT2D eigenvalue weighted by atomic mass is 10.1. The molecule has 0 spiro atoms. The van der Waals surface area contributed by atoms with Crippen LogP contribution >= 0.6 is 0 Å². The lowest BCUT2D eigenvalue weighted by molar-refractivity contribution is -0.127. The maximum atomic E-state index is 12.6. The Bertz CT molecular complexity index is 748. The minimum atomic E-state index is -0.0941. The molecule has 1 amide bonds.